The zero-order valence-corrected chi connectivity index (χ0v) is 17.6. The van der Waals surface area contributed by atoms with E-state index in [1.54, 1.807) is 12.4 Å². The summed E-state index contributed by atoms with van der Waals surface area (Å²) >= 11 is 0. The molecular weight excluding hydrogens is 388 g/mol. The van der Waals surface area contributed by atoms with Crippen LogP contribution in [0.4, 0.5) is 5.95 Å². The number of nitrogens with zero attached hydrogens (tertiary/aromatic N) is 4. The molecule has 1 aromatic carbocycles. The average molecular weight is 410 g/mol. The van der Waals surface area contributed by atoms with E-state index in [0.717, 1.165) is 55.9 Å². The van der Waals surface area contributed by atoms with Crippen LogP contribution in [0.5, 0.6) is 0 Å². The van der Waals surface area contributed by atoms with E-state index in [1.807, 2.05) is 44.4 Å². The molecular formula is C24H22N6O. The molecule has 4 aromatic heterocycles. The lowest BCUT2D eigenvalue weighted by atomic mass is 9.95. The Bertz CT molecular complexity index is 1350. The van der Waals surface area contributed by atoms with E-state index in [4.69, 9.17) is 9.51 Å². The van der Waals surface area contributed by atoms with Gasteiger partial charge in [0.25, 0.3) is 0 Å². The normalized spacial score (nSPS) is 11.2. The van der Waals surface area contributed by atoms with Crippen molar-refractivity contribution in [3.63, 3.8) is 0 Å². The van der Waals surface area contributed by atoms with Crippen molar-refractivity contribution in [3.8, 4) is 22.3 Å². The average Bonchev–Trinajstić information content (AvgIpc) is 3.35. The molecule has 2 N–H and O–H groups in total. The van der Waals surface area contributed by atoms with Gasteiger partial charge in [0.2, 0.25) is 5.95 Å². The van der Waals surface area contributed by atoms with Crippen LogP contribution in [0.25, 0.3) is 33.3 Å². The molecule has 0 saturated heterocycles. The summed E-state index contributed by atoms with van der Waals surface area (Å²) in [6.45, 7) is 6.60. The highest BCUT2D eigenvalue weighted by Crippen LogP contribution is 2.37. The van der Waals surface area contributed by atoms with Crippen LogP contribution < -0.4 is 5.32 Å². The smallest absolute Gasteiger partial charge is 0.201 e. The SMILES string of the molecule is Cc1ccncc1-c1cc(-c2c(C)noc2C)cc2[nH]c(NCc3cccnc3)nc12. The summed E-state index contributed by atoms with van der Waals surface area (Å²) in [5, 5.41) is 7.50. The van der Waals surface area contributed by atoms with Gasteiger partial charge in [-0.3, -0.25) is 9.97 Å². The lowest BCUT2D eigenvalue weighted by molar-refractivity contribution is 0.393. The number of fused-ring (bicyclic) bond motifs is 1. The van der Waals surface area contributed by atoms with E-state index in [-0.39, 0.29) is 0 Å². The Kier molecular flexibility index (Phi) is 4.71. The fraction of sp³-hybridized carbons (Fsp3) is 0.167. The second-order valence-electron chi connectivity index (χ2n) is 7.61. The topological polar surface area (TPSA) is 92.5 Å². The first-order chi connectivity index (χ1) is 15.1. The van der Waals surface area contributed by atoms with E-state index >= 15 is 0 Å². The first-order valence-corrected chi connectivity index (χ1v) is 10.1. The molecule has 5 rings (SSSR count). The van der Waals surface area contributed by atoms with Gasteiger partial charge in [0.05, 0.1) is 16.7 Å². The second kappa shape index (κ2) is 7.68. The maximum Gasteiger partial charge on any atom is 0.201 e. The number of anilines is 1. The van der Waals surface area contributed by atoms with Gasteiger partial charge in [-0.1, -0.05) is 11.2 Å². The highest BCUT2D eigenvalue weighted by molar-refractivity contribution is 5.97. The third-order valence-corrected chi connectivity index (χ3v) is 5.42. The van der Waals surface area contributed by atoms with Crippen LogP contribution in [0.2, 0.25) is 0 Å². The summed E-state index contributed by atoms with van der Waals surface area (Å²) in [7, 11) is 0. The van der Waals surface area contributed by atoms with Crippen LogP contribution in [-0.4, -0.2) is 25.1 Å². The number of aromatic nitrogens is 5. The van der Waals surface area contributed by atoms with Crippen molar-refractivity contribution in [2.75, 3.05) is 5.32 Å². The minimum Gasteiger partial charge on any atom is -0.361 e. The summed E-state index contributed by atoms with van der Waals surface area (Å²) in [6, 6.07) is 10.2. The molecule has 0 aliphatic carbocycles. The predicted molar refractivity (Wildman–Crippen MR) is 121 cm³/mol. The van der Waals surface area contributed by atoms with Crippen molar-refractivity contribution >= 4 is 17.0 Å². The fourth-order valence-electron chi connectivity index (χ4n) is 3.88. The van der Waals surface area contributed by atoms with Crippen LogP contribution in [0.15, 0.2) is 59.6 Å². The van der Waals surface area contributed by atoms with E-state index in [1.165, 1.54) is 0 Å². The molecule has 0 radical (unpaired) electrons. The molecule has 5 aromatic rings. The first-order valence-electron chi connectivity index (χ1n) is 10.1. The molecule has 7 nitrogen and oxygen atoms in total. The van der Waals surface area contributed by atoms with Gasteiger partial charge in [0.1, 0.15) is 5.76 Å². The number of nitrogens with one attached hydrogen (secondary N) is 2. The van der Waals surface area contributed by atoms with Gasteiger partial charge in [0, 0.05) is 48.0 Å². The highest BCUT2D eigenvalue weighted by Gasteiger charge is 2.18. The molecule has 154 valence electrons. The summed E-state index contributed by atoms with van der Waals surface area (Å²) in [4.78, 5) is 16.8. The van der Waals surface area contributed by atoms with Gasteiger partial charge in [-0.15, -0.1) is 0 Å². The second-order valence-corrected chi connectivity index (χ2v) is 7.61. The third-order valence-electron chi connectivity index (χ3n) is 5.42. The van der Waals surface area contributed by atoms with Gasteiger partial charge >= 0.3 is 0 Å². The number of hydrogen-bond acceptors (Lipinski definition) is 6. The lowest BCUT2D eigenvalue weighted by Gasteiger charge is -2.09. The van der Waals surface area contributed by atoms with Crippen LogP contribution in [0.1, 0.15) is 22.6 Å². The number of benzene rings is 1. The molecule has 0 aliphatic heterocycles. The first kappa shape index (κ1) is 19.0. The van der Waals surface area contributed by atoms with Crippen LogP contribution >= 0.6 is 0 Å². The Hall–Kier alpha value is -4.00. The Morgan fingerprint density at radius 1 is 1.00 bits per heavy atom. The zero-order valence-electron chi connectivity index (χ0n) is 17.6. The standard InChI is InChI=1S/C24H22N6O/c1-14-6-8-26-13-20(14)19-9-18(22-15(2)30-31-16(22)3)10-21-23(19)29-24(28-21)27-12-17-5-4-7-25-11-17/h4-11,13H,12H2,1-3H3,(H2,27,28,29). The molecule has 0 atom stereocenters. The van der Waals surface area contributed by atoms with Gasteiger partial charge in [-0.25, -0.2) is 4.98 Å². The van der Waals surface area contributed by atoms with Gasteiger partial charge < -0.3 is 14.8 Å². The van der Waals surface area contributed by atoms with Gasteiger partial charge in [0.15, 0.2) is 0 Å². The Balaban J connectivity index is 1.65. The maximum atomic E-state index is 5.42. The van der Waals surface area contributed by atoms with Gasteiger partial charge in [-0.2, -0.15) is 0 Å². The summed E-state index contributed by atoms with van der Waals surface area (Å²) in [6.07, 6.45) is 7.30. The van der Waals surface area contributed by atoms with E-state index < -0.39 is 0 Å². The number of aryl methyl sites for hydroxylation is 3. The number of H-pyrrole nitrogens is 1. The van der Waals surface area contributed by atoms with Crippen LogP contribution in [0, 0.1) is 20.8 Å². The predicted octanol–water partition coefficient (Wildman–Crippen LogP) is 5.21. The molecule has 4 heterocycles. The Labute approximate surface area is 179 Å². The number of pyridine rings is 2. The number of rotatable bonds is 5. The molecule has 31 heavy (non-hydrogen) atoms. The van der Waals surface area contributed by atoms with Crippen LogP contribution in [0.3, 0.4) is 0 Å². The summed E-state index contributed by atoms with van der Waals surface area (Å²) in [5.41, 5.74) is 9.01. The Morgan fingerprint density at radius 2 is 1.87 bits per heavy atom. The fourth-order valence-corrected chi connectivity index (χ4v) is 3.88. The third kappa shape index (κ3) is 3.54. The summed E-state index contributed by atoms with van der Waals surface area (Å²) < 4.78 is 5.42. The number of hydrogen-bond donors (Lipinski definition) is 2. The molecule has 0 saturated carbocycles. The quantitative estimate of drug-likeness (QED) is 0.413. The molecule has 0 spiro atoms. The highest BCUT2D eigenvalue weighted by atomic mass is 16.5. The molecule has 0 fully saturated rings. The monoisotopic (exact) mass is 410 g/mol. The minimum absolute atomic E-state index is 0.631. The minimum atomic E-state index is 0.631. The van der Waals surface area contributed by atoms with Crippen molar-refractivity contribution < 1.29 is 4.52 Å². The molecule has 0 bridgehead atoms. The van der Waals surface area contributed by atoms with E-state index in [0.29, 0.717) is 12.5 Å². The van der Waals surface area contributed by atoms with Crippen LogP contribution in [-0.2, 0) is 6.54 Å². The largest absolute Gasteiger partial charge is 0.361 e. The molecule has 0 aliphatic rings. The van der Waals surface area contributed by atoms with Gasteiger partial charge in [-0.05, 0) is 61.7 Å². The van der Waals surface area contributed by atoms with E-state index in [9.17, 15) is 0 Å². The zero-order chi connectivity index (χ0) is 21.4. The Morgan fingerprint density at radius 3 is 2.61 bits per heavy atom. The summed E-state index contributed by atoms with van der Waals surface area (Å²) in [5.74, 6) is 1.50. The lowest BCUT2D eigenvalue weighted by Crippen LogP contribution is -2.00. The molecule has 0 unspecified atom stereocenters. The molecule has 7 heteroatoms. The van der Waals surface area contributed by atoms with E-state index in [2.05, 4.69) is 44.5 Å². The molecule has 0 amide bonds. The number of aromatic amines is 1. The van der Waals surface area contributed by atoms with Crippen molar-refractivity contribution in [1.82, 2.24) is 25.1 Å². The van der Waals surface area contributed by atoms with Crippen molar-refractivity contribution in [3.05, 3.63) is 77.7 Å². The van der Waals surface area contributed by atoms with Crippen molar-refractivity contribution in [2.45, 2.75) is 27.3 Å². The van der Waals surface area contributed by atoms with Crippen molar-refractivity contribution in [2.24, 2.45) is 0 Å². The number of imidazole rings is 1. The van der Waals surface area contributed by atoms with Crippen molar-refractivity contribution in [1.29, 1.82) is 0 Å². The maximum absolute atomic E-state index is 5.42.